The quantitative estimate of drug-likeness (QED) is 0.747. The van der Waals surface area contributed by atoms with Gasteiger partial charge in [-0.25, -0.2) is 0 Å². The minimum absolute atomic E-state index is 0.442. The third-order valence-electron chi connectivity index (χ3n) is 2.85. The maximum absolute atomic E-state index is 5.78. The molecule has 0 aliphatic carbocycles. The predicted octanol–water partition coefficient (Wildman–Crippen LogP) is 0.936. The number of hydrogen-bond donors (Lipinski definition) is 0. The average Bonchev–Trinajstić information content (AvgIpc) is 2.46. The summed E-state index contributed by atoms with van der Waals surface area (Å²) in [7, 11) is 5.23. The second kappa shape index (κ2) is 6.13. The summed E-state index contributed by atoms with van der Waals surface area (Å²) in [5.41, 5.74) is 1.98. The fraction of sp³-hybridized carbons (Fsp3) is 0.214. The molecule has 2 rings (SSSR count). The largest absolute Gasteiger partial charge is 0.497 e. The second-order valence-electron chi connectivity index (χ2n) is 4.11. The van der Waals surface area contributed by atoms with Gasteiger partial charge in [0, 0.05) is 24.0 Å². The van der Waals surface area contributed by atoms with Gasteiger partial charge in [-0.15, -0.1) is 0 Å². The molecule has 0 amide bonds. The molecule has 5 heteroatoms. The Balaban J connectivity index is 2.13. The third kappa shape index (κ3) is 3.19. The van der Waals surface area contributed by atoms with Crippen molar-refractivity contribution in [3.05, 3.63) is 42.2 Å². The fourth-order valence-electron chi connectivity index (χ4n) is 1.75. The molecule has 4 nitrogen and oxygen atoms in total. The molecule has 0 N–H and O–H groups in total. The molecular weight excluding hydrogens is 241 g/mol. The van der Waals surface area contributed by atoms with Gasteiger partial charge >= 0.3 is 0 Å². The zero-order valence-corrected chi connectivity index (χ0v) is 11.3. The normalized spacial score (nSPS) is 10.0. The Morgan fingerprint density at radius 2 is 1.95 bits per heavy atom. The number of aromatic nitrogens is 1. The summed E-state index contributed by atoms with van der Waals surface area (Å²) in [6.07, 6.45) is 3.49. The van der Waals surface area contributed by atoms with E-state index in [0.717, 1.165) is 28.3 Å². The van der Waals surface area contributed by atoms with Crippen LogP contribution in [0.3, 0.4) is 0 Å². The molecule has 0 saturated carbocycles. The molecule has 1 heterocycles. The Morgan fingerprint density at radius 1 is 1.11 bits per heavy atom. The lowest BCUT2D eigenvalue weighted by molar-refractivity contribution is 0.298. The topological polar surface area (TPSA) is 40.6 Å². The maximum atomic E-state index is 5.78. The van der Waals surface area contributed by atoms with E-state index in [2.05, 4.69) is 4.98 Å². The Labute approximate surface area is 113 Å². The Hall–Kier alpha value is -2.17. The molecule has 19 heavy (non-hydrogen) atoms. The van der Waals surface area contributed by atoms with Crippen LogP contribution in [-0.4, -0.2) is 27.0 Å². The van der Waals surface area contributed by atoms with E-state index in [-0.39, 0.29) is 0 Å². The van der Waals surface area contributed by atoms with Crippen LogP contribution in [0.25, 0.3) is 0 Å². The van der Waals surface area contributed by atoms with Crippen LogP contribution >= 0.6 is 0 Å². The second-order valence-corrected chi connectivity index (χ2v) is 4.11. The summed E-state index contributed by atoms with van der Waals surface area (Å²) < 4.78 is 16.3. The molecule has 0 radical (unpaired) electrons. The molecule has 0 fully saturated rings. The number of rotatable bonds is 5. The van der Waals surface area contributed by atoms with Crippen molar-refractivity contribution in [2.75, 3.05) is 14.2 Å². The summed E-state index contributed by atoms with van der Waals surface area (Å²) in [6, 6.07) is 7.53. The highest BCUT2D eigenvalue weighted by Gasteiger charge is 2.06. The molecular formula is C14H16BNO3. The predicted molar refractivity (Wildman–Crippen MR) is 76.3 cm³/mol. The van der Waals surface area contributed by atoms with Crippen molar-refractivity contribution in [2.24, 2.45) is 0 Å². The Morgan fingerprint density at radius 3 is 2.63 bits per heavy atom. The van der Waals surface area contributed by atoms with Crippen LogP contribution in [0.5, 0.6) is 17.2 Å². The van der Waals surface area contributed by atoms with Gasteiger partial charge in [-0.2, -0.15) is 0 Å². The van der Waals surface area contributed by atoms with E-state index in [1.54, 1.807) is 26.6 Å². The first kappa shape index (κ1) is 13.3. The maximum Gasteiger partial charge on any atom is 0.146 e. The standard InChI is InChI=1S/C14H16BNO3/c1-17-11-4-3-10(14(7-11)18-2)9-19-13-5-6-16-8-12(13)15/h3-8H,9,15H2,1-2H3. The van der Waals surface area contributed by atoms with Crippen molar-refractivity contribution in [2.45, 2.75) is 6.61 Å². The Bertz CT molecular complexity index is 560. The number of pyridine rings is 1. The van der Waals surface area contributed by atoms with E-state index >= 15 is 0 Å². The van der Waals surface area contributed by atoms with Crippen molar-refractivity contribution < 1.29 is 14.2 Å². The lowest BCUT2D eigenvalue weighted by Gasteiger charge is -2.12. The number of benzene rings is 1. The van der Waals surface area contributed by atoms with Gasteiger partial charge in [0.15, 0.2) is 0 Å². The molecule has 0 unspecified atom stereocenters. The first-order valence-corrected chi connectivity index (χ1v) is 5.99. The summed E-state index contributed by atoms with van der Waals surface area (Å²) >= 11 is 0. The lowest BCUT2D eigenvalue weighted by Crippen LogP contribution is -2.10. The Kier molecular flexibility index (Phi) is 4.28. The summed E-state index contributed by atoms with van der Waals surface area (Å²) in [4.78, 5) is 4.04. The molecule has 1 aromatic carbocycles. The van der Waals surface area contributed by atoms with Crippen LogP contribution in [-0.2, 0) is 6.61 Å². The van der Waals surface area contributed by atoms with Gasteiger partial charge in [0.2, 0.25) is 0 Å². The van der Waals surface area contributed by atoms with Crippen LogP contribution < -0.4 is 19.7 Å². The zero-order chi connectivity index (χ0) is 13.7. The number of nitrogens with zero attached hydrogens (tertiary/aromatic N) is 1. The van der Waals surface area contributed by atoms with Crippen molar-refractivity contribution >= 4 is 13.3 Å². The molecule has 2 aromatic rings. The van der Waals surface area contributed by atoms with E-state index in [1.165, 1.54) is 0 Å². The van der Waals surface area contributed by atoms with Crippen LogP contribution in [0.2, 0.25) is 0 Å². The molecule has 98 valence electrons. The van der Waals surface area contributed by atoms with Gasteiger partial charge in [-0.05, 0) is 23.7 Å². The fourth-order valence-corrected chi connectivity index (χ4v) is 1.75. The lowest BCUT2D eigenvalue weighted by atomic mass is 9.98. The highest BCUT2D eigenvalue weighted by molar-refractivity contribution is 6.34. The van der Waals surface area contributed by atoms with Crippen LogP contribution in [0, 0.1) is 0 Å². The molecule has 0 aliphatic heterocycles. The summed E-state index contributed by atoms with van der Waals surface area (Å²) in [6.45, 7) is 0.442. The molecule has 0 aliphatic rings. The minimum Gasteiger partial charge on any atom is -0.497 e. The van der Waals surface area contributed by atoms with Gasteiger partial charge in [0.05, 0.1) is 14.2 Å². The molecule has 0 saturated heterocycles. The zero-order valence-electron chi connectivity index (χ0n) is 11.3. The van der Waals surface area contributed by atoms with Gasteiger partial charge < -0.3 is 14.2 Å². The van der Waals surface area contributed by atoms with Crippen molar-refractivity contribution in [1.82, 2.24) is 4.98 Å². The first-order chi connectivity index (χ1) is 9.24. The molecule has 1 aromatic heterocycles. The first-order valence-electron chi connectivity index (χ1n) is 5.99. The number of hydrogen-bond acceptors (Lipinski definition) is 4. The van der Waals surface area contributed by atoms with Crippen LogP contribution in [0.4, 0.5) is 0 Å². The average molecular weight is 257 g/mol. The molecule has 0 bridgehead atoms. The van der Waals surface area contributed by atoms with Gasteiger partial charge in [-0.1, -0.05) is 0 Å². The van der Waals surface area contributed by atoms with Crippen LogP contribution in [0.1, 0.15) is 5.56 Å². The number of ether oxygens (including phenoxy) is 3. The van der Waals surface area contributed by atoms with E-state index < -0.39 is 0 Å². The van der Waals surface area contributed by atoms with Crippen LogP contribution in [0.15, 0.2) is 36.7 Å². The van der Waals surface area contributed by atoms with Gasteiger partial charge in [0.1, 0.15) is 31.7 Å². The SMILES string of the molecule is Bc1cnccc1OCc1ccc(OC)cc1OC. The van der Waals surface area contributed by atoms with E-state index in [4.69, 9.17) is 14.2 Å². The summed E-state index contributed by atoms with van der Waals surface area (Å²) in [5, 5.41) is 0. The number of methoxy groups -OCH3 is 2. The van der Waals surface area contributed by atoms with E-state index in [9.17, 15) is 0 Å². The van der Waals surface area contributed by atoms with Gasteiger partial charge in [0.25, 0.3) is 0 Å². The van der Waals surface area contributed by atoms with E-state index in [1.807, 2.05) is 32.1 Å². The van der Waals surface area contributed by atoms with Crippen molar-refractivity contribution in [3.63, 3.8) is 0 Å². The monoisotopic (exact) mass is 257 g/mol. The molecule has 0 atom stereocenters. The third-order valence-corrected chi connectivity index (χ3v) is 2.85. The minimum atomic E-state index is 0.442. The van der Waals surface area contributed by atoms with Crippen molar-refractivity contribution in [1.29, 1.82) is 0 Å². The van der Waals surface area contributed by atoms with Gasteiger partial charge in [-0.3, -0.25) is 4.98 Å². The summed E-state index contributed by atoms with van der Waals surface area (Å²) in [5.74, 6) is 2.35. The van der Waals surface area contributed by atoms with E-state index in [0.29, 0.717) is 6.61 Å². The van der Waals surface area contributed by atoms with Crippen molar-refractivity contribution in [3.8, 4) is 17.2 Å². The highest BCUT2D eigenvalue weighted by Crippen LogP contribution is 2.25. The smallest absolute Gasteiger partial charge is 0.146 e. The highest BCUT2D eigenvalue weighted by atomic mass is 16.5. The molecule has 0 spiro atoms.